The Bertz CT molecular complexity index is 761. The number of benzene rings is 1. The summed E-state index contributed by atoms with van der Waals surface area (Å²) in [6.07, 6.45) is 1.57. The second-order valence-electron chi connectivity index (χ2n) is 4.85. The lowest BCUT2D eigenvalue weighted by molar-refractivity contribution is 0.101. The Morgan fingerprint density at radius 2 is 2.17 bits per heavy atom. The number of rotatable bonds is 7. The van der Waals surface area contributed by atoms with Crippen molar-refractivity contribution < 1.29 is 13.9 Å². The largest absolute Gasteiger partial charge is 0.496 e. The summed E-state index contributed by atoms with van der Waals surface area (Å²) in [5, 5.41) is 0.379. The molecule has 1 aromatic heterocycles. The highest BCUT2D eigenvalue weighted by Crippen LogP contribution is 2.22. The van der Waals surface area contributed by atoms with Crippen LogP contribution in [0.3, 0.4) is 0 Å². The van der Waals surface area contributed by atoms with E-state index in [0.717, 1.165) is 24.2 Å². The molecule has 1 N–H and O–H groups in total. The highest BCUT2D eigenvalue weighted by molar-refractivity contribution is 7.99. The van der Waals surface area contributed by atoms with E-state index in [2.05, 4.69) is 9.97 Å². The molecule has 0 radical (unpaired) electrons. The maximum absolute atomic E-state index is 13.3. The third kappa shape index (κ3) is 4.66. The first-order chi connectivity index (χ1) is 11.0. The molecule has 0 spiro atoms. The Balaban J connectivity index is 2.13. The fraction of sp³-hybridized carbons (Fsp3) is 0.312. The highest BCUT2D eigenvalue weighted by atomic mass is 32.2. The number of Topliss-reactive ketones (excluding diaryl/α,β-unsaturated/α-hetero) is 1. The lowest BCUT2D eigenvalue weighted by Gasteiger charge is -2.07. The van der Waals surface area contributed by atoms with Gasteiger partial charge < -0.3 is 9.72 Å². The second kappa shape index (κ2) is 7.92. The van der Waals surface area contributed by atoms with Gasteiger partial charge in [-0.2, -0.15) is 0 Å². The molecular formula is C16H17FN2O3S. The Kier molecular flexibility index (Phi) is 5.92. The van der Waals surface area contributed by atoms with Crippen molar-refractivity contribution in [3.63, 3.8) is 0 Å². The first kappa shape index (κ1) is 17.2. The maximum Gasteiger partial charge on any atom is 0.251 e. The van der Waals surface area contributed by atoms with E-state index in [4.69, 9.17) is 4.74 Å². The third-order valence-corrected chi connectivity index (χ3v) is 3.95. The molecule has 23 heavy (non-hydrogen) atoms. The van der Waals surface area contributed by atoms with Gasteiger partial charge in [0.2, 0.25) is 0 Å². The van der Waals surface area contributed by atoms with Crippen LogP contribution in [0.2, 0.25) is 0 Å². The Morgan fingerprint density at radius 1 is 1.39 bits per heavy atom. The summed E-state index contributed by atoms with van der Waals surface area (Å²) in [6.45, 7) is 2.00. The van der Waals surface area contributed by atoms with Crippen LogP contribution in [0.15, 0.2) is 34.2 Å². The molecule has 2 rings (SSSR count). The number of carbonyl (C=O) groups excluding carboxylic acids is 1. The molecule has 0 amide bonds. The molecule has 0 unspecified atom stereocenters. The van der Waals surface area contributed by atoms with E-state index >= 15 is 0 Å². The van der Waals surface area contributed by atoms with Crippen LogP contribution in [-0.2, 0) is 6.42 Å². The minimum absolute atomic E-state index is 0.0261. The number of methoxy groups -OCH3 is 1. The van der Waals surface area contributed by atoms with Gasteiger partial charge >= 0.3 is 0 Å². The molecule has 7 heteroatoms. The zero-order valence-electron chi connectivity index (χ0n) is 12.9. The first-order valence-electron chi connectivity index (χ1n) is 7.13. The molecule has 122 valence electrons. The van der Waals surface area contributed by atoms with Crippen LogP contribution in [-0.4, -0.2) is 28.6 Å². The average Bonchev–Trinajstić information content (AvgIpc) is 2.52. The van der Waals surface area contributed by atoms with Crippen molar-refractivity contribution in [2.75, 3.05) is 12.9 Å². The highest BCUT2D eigenvalue weighted by Gasteiger charge is 2.14. The predicted octanol–water partition coefficient (Wildman–Crippen LogP) is 2.85. The minimum atomic E-state index is -0.504. The van der Waals surface area contributed by atoms with Gasteiger partial charge in [0, 0.05) is 11.8 Å². The molecule has 0 aliphatic heterocycles. The summed E-state index contributed by atoms with van der Waals surface area (Å²) in [7, 11) is 1.42. The van der Waals surface area contributed by atoms with Crippen molar-refractivity contribution in [1.29, 1.82) is 0 Å². The van der Waals surface area contributed by atoms with Crippen LogP contribution in [0.25, 0.3) is 0 Å². The topological polar surface area (TPSA) is 72.0 Å². The van der Waals surface area contributed by atoms with E-state index in [1.165, 1.54) is 25.3 Å². The fourth-order valence-corrected chi connectivity index (χ4v) is 2.82. The Hall–Kier alpha value is -2.15. The molecular weight excluding hydrogens is 319 g/mol. The van der Waals surface area contributed by atoms with Crippen molar-refractivity contribution in [2.45, 2.75) is 24.9 Å². The number of aromatic nitrogens is 2. The lowest BCUT2D eigenvalue weighted by atomic mass is 10.1. The smallest absolute Gasteiger partial charge is 0.251 e. The van der Waals surface area contributed by atoms with Gasteiger partial charge in [-0.3, -0.25) is 9.59 Å². The van der Waals surface area contributed by atoms with Crippen LogP contribution in [0.5, 0.6) is 5.75 Å². The van der Waals surface area contributed by atoms with E-state index in [9.17, 15) is 14.0 Å². The second-order valence-corrected chi connectivity index (χ2v) is 5.81. The molecule has 1 heterocycles. The van der Waals surface area contributed by atoms with E-state index in [1.54, 1.807) is 0 Å². The van der Waals surface area contributed by atoms with Crippen molar-refractivity contribution in [1.82, 2.24) is 9.97 Å². The van der Waals surface area contributed by atoms with Crippen molar-refractivity contribution in [3.05, 3.63) is 51.7 Å². The zero-order chi connectivity index (χ0) is 16.8. The number of nitrogens with one attached hydrogen (secondary N) is 1. The van der Waals surface area contributed by atoms with Gasteiger partial charge in [-0.1, -0.05) is 25.1 Å². The number of hydrogen-bond donors (Lipinski definition) is 1. The molecule has 0 bridgehead atoms. The quantitative estimate of drug-likeness (QED) is 0.478. The van der Waals surface area contributed by atoms with E-state index in [0.29, 0.717) is 23.0 Å². The lowest BCUT2D eigenvalue weighted by Crippen LogP contribution is -2.11. The van der Waals surface area contributed by atoms with Crippen LogP contribution in [0.4, 0.5) is 4.39 Å². The Morgan fingerprint density at radius 3 is 2.87 bits per heavy atom. The van der Waals surface area contributed by atoms with Gasteiger partial charge in [0.15, 0.2) is 10.9 Å². The molecule has 0 saturated carbocycles. The summed E-state index contributed by atoms with van der Waals surface area (Å²) in [5.41, 5.74) is 0.614. The molecule has 0 saturated heterocycles. The van der Waals surface area contributed by atoms with Gasteiger partial charge in [-0.05, 0) is 24.6 Å². The number of aryl methyl sites for hydroxylation is 1. The van der Waals surface area contributed by atoms with Crippen LogP contribution >= 0.6 is 11.8 Å². The Labute approximate surface area is 137 Å². The third-order valence-electron chi connectivity index (χ3n) is 3.08. The molecule has 2 aromatic rings. The number of nitrogens with zero attached hydrogens (tertiary/aromatic N) is 1. The summed E-state index contributed by atoms with van der Waals surface area (Å²) in [5.74, 6) is -0.457. The summed E-state index contributed by atoms with van der Waals surface area (Å²) in [4.78, 5) is 30.7. The van der Waals surface area contributed by atoms with Crippen LogP contribution in [0.1, 0.15) is 29.4 Å². The predicted molar refractivity (Wildman–Crippen MR) is 86.9 cm³/mol. The van der Waals surface area contributed by atoms with Gasteiger partial charge in [0.1, 0.15) is 11.6 Å². The summed E-state index contributed by atoms with van der Waals surface area (Å²) in [6, 6.07) is 5.24. The normalized spacial score (nSPS) is 10.6. The minimum Gasteiger partial charge on any atom is -0.496 e. The molecule has 0 aliphatic rings. The molecule has 1 aromatic carbocycles. The number of H-pyrrole nitrogens is 1. The van der Waals surface area contributed by atoms with Gasteiger partial charge in [0.25, 0.3) is 5.56 Å². The molecule has 0 atom stereocenters. The number of ether oxygens (including phenoxy) is 1. The number of carbonyl (C=O) groups is 1. The van der Waals surface area contributed by atoms with E-state index < -0.39 is 5.82 Å². The number of halogens is 1. The zero-order valence-corrected chi connectivity index (χ0v) is 13.7. The first-order valence-corrected chi connectivity index (χ1v) is 8.11. The molecule has 0 aliphatic carbocycles. The molecule has 0 fully saturated rings. The van der Waals surface area contributed by atoms with E-state index in [1.807, 2.05) is 6.92 Å². The standard InChI is InChI=1S/C16H17FN2O3S/c1-3-4-11-8-15(21)19-16(18-11)23-9-13(20)12-7-10(17)5-6-14(12)22-2/h5-8H,3-4,9H2,1-2H3,(H,18,19,21). The van der Waals surface area contributed by atoms with Gasteiger partial charge in [-0.15, -0.1) is 0 Å². The van der Waals surface area contributed by atoms with Crippen LogP contribution in [0, 0.1) is 5.82 Å². The van der Waals surface area contributed by atoms with E-state index in [-0.39, 0.29) is 22.7 Å². The summed E-state index contributed by atoms with van der Waals surface area (Å²) >= 11 is 1.11. The fourth-order valence-electron chi connectivity index (χ4n) is 2.05. The van der Waals surface area contributed by atoms with Crippen molar-refractivity contribution in [3.8, 4) is 5.75 Å². The monoisotopic (exact) mass is 336 g/mol. The summed E-state index contributed by atoms with van der Waals surface area (Å²) < 4.78 is 18.4. The average molecular weight is 336 g/mol. The number of hydrogen-bond acceptors (Lipinski definition) is 5. The molecule has 5 nitrogen and oxygen atoms in total. The van der Waals surface area contributed by atoms with Gasteiger partial charge in [0.05, 0.1) is 18.4 Å². The van der Waals surface area contributed by atoms with Crippen molar-refractivity contribution >= 4 is 17.5 Å². The number of ketones is 1. The van der Waals surface area contributed by atoms with Crippen molar-refractivity contribution in [2.24, 2.45) is 0 Å². The van der Waals surface area contributed by atoms with Gasteiger partial charge in [-0.25, -0.2) is 9.37 Å². The maximum atomic E-state index is 13.3. The number of aromatic amines is 1. The SMILES string of the molecule is CCCc1cc(=O)[nH]c(SCC(=O)c2cc(F)ccc2OC)n1. The number of thioether (sulfide) groups is 1. The van der Waals surface area contributed by atoms with Crippen LogP contribution < -0.4 is 10.3 Å².